The number of nitrogens with one attached hydrogen (secondary N) is 2. The van der Waals surface area contributed by atoms with Crippen LogP contribution in [0.15, 0.2) is 17.2 Å². The number of fused-ring (bicyclic) bond motifs is 2. The first-order valence-corrected chi connectivity index (χ1v) is 8.57. The number of sulfonamides is 1. The molecular weight excluding hydrogens is 278 g/mol. The fourth-order valence-corrected chi connectivity index (χ4v) is 4.37. The van der Waals surface area contributed by atoms with Gasteiger partial charge in [-0.05, 0) is 25.5 Å². The number of nitrogens with zero attached hydrogens (tertiary/aromatic N) is 1. The molecule has 2 bridgehead atoms. The van der Waals surface area contributed by atoms with Crippen LogP contribution in [-0.4, -0.2) is 49.5 Å². The maximum absolute atomic E-state index is 12.6. The Bertz CT molecular complexity index is 557. The lowest BCUT2D eigenvalue weighted by molar-refractivity contribution is -0.0114. The summed E-state index contributed by atoms with van der Waals surface area (Å²) in [5.74, 6) is 0. The fraction of sp³-hybridized carbons (Fsp3) is 0.692. The van der Waals surface area contributed by atoms with Crippen molar-refractivity contribution in [2.45, 2.75) is 43.4 Å². The van der Waals surface area contributed by atoms with Gasteiger partial charge in [0.15, 0.2) is 0 Å². The first-order valence-electron chi connectivity index (χ1n) is 7.13. The minimum atomic E-state index is -3.40. The second kappa shape index (κ2) is 5.48. The molecule has 2 aliphatic heterocycles. The highest BCUT2D eigenvalue weighted by Gasteiger charge is 2.39. The Labute approximate surface area is 119 Å². The molecule has 1 aromatic rings. The number of hydrogen-bond donors (Lipinski definition) is 2. The van der Waals surface area contributed by atoms with Crippen molar-refractivity contribution in [1.82, 2.24) is 14.6 Å². The molecule has 0 spiro atoms. The molecule has 2 fully saturated rings. The Hall–Kier alpha value is -0.890. The Morgan fingerprint density at radius 3 is 2.75 bits per heavy atom. The van der Waals surface area contributed by atoms with Crippen molar-refractivity contribution in [3.8, 4) is 0 Å². The van der Waals surface area contributed by atoms with Crippen molar-refractivity contribution >= 4 is 10.0 Å². The van der Waals surface area contributed by atoms with Gasteiger partial charge in [-0.1, -0.05) is 6.92 Å². The molecule has 0 aliphatic carbocycles. The highest BCUT2D eigenvalue weighted by atomic mass is 32.2. The second-order valence-electron chi connectivity index (χ2n) is 5.42. The van der Waals surface area contributed by atoms with Crippen LogP contribution >= 0.6 is 0 Å². The van der Waals surface area contributed by atoms with E-state index in [9.17, 15) is 8.42 Å². The number of ether oxygens (including phenoxy) is 1. The average molecular weight is 299 g/mol. The van der Waals surface area contributed by atoms with Crippen LogP contribution in [0.3, 0.4) is 0 Å². The molecule has 1 aromatic heterocycles. The summed E-state index contributed by atoms with van der Waals surface area (Å²) >= 11 is 0. The summed E-state index contributed by atoms with van der Waals surface area (Å²) in [6, 6.07) is 1.72. The molecule has 2 atom stereocenters. The van der Waals surface area contributed by atoms with Gasteiger partial charge in [0.2, 0.25) is 10.0 Å². The molecule has 2 N–H and O–H groups in total. The first kappa shape index (κ1) is 14.1. The summed E-state index contributed by atoms with van der Waals surface area (Å²) in [6.45, 7) is 4.48. The third-order valence-corrected chi connectivity index (χ3v) is 5.74. The van der Waals surface area contributed by atoms with Gasteiger partial charge in [0.05, 0.1) is 17.1 Å². The second-order valence-corrected chi connectivity index (χ2v) is 7.36. The third kappa shape index (κ3) is 2.63. The predicted molar refractivity (Wildman–Crippen MR) is 74.8 cm³/mol. The zero-order chi connectivity index (χ0) is 14.2. The smallest absolute Gasteiger partial charge is 0.244 e. The van der Waals surface area contributed by atoms with Crippen LogP contribution in [0.2, 0.25) is 0 Å². The molecule has 0 radical (unpaired) electrons. The lowest BCUT2D eigenvalue weighted by Crippen LogP contribution is -2.45. The van der Waals surface area contributed by atoms with Gasteiger partial charge in [0.1, 0.15) is 0 Å². The average Bonchev–Trinajstić information content (AvgIpc) is 3.03. The van der Waals surface area contributed by atoms with E-state index in [1.165, 1.54) is 0 Å². The first-order chi connectivity index (χ1) is 9.59. The van der Waals surface area contributed by atoms with E-state index in [2.05, 4.69) is 10.3 Å². The van der Waals surface area contributed by atoms with Gasteiger partial charge in [0, 0.05) is 31.5 Å². The molecule has 6 nitrogen and oxygen atoms in total. The largest absolute Gasteiger partial charge is 0.372 e. The molecule has 2 aliphatic rings. The monoisotopic (exact) mass is 299 g/mol. The van der Waals surface area contributed by atoms with Gasteiger partial charge >= 0.3 is 0 Å². The van der Waals surface area contributed by atoms with Crippen LogP contribution in [0.25, 0.3) is 0 Å². The van der Waals surface area contributed by atoms with Crippen LogP contribution in [-0.2, 0) is 21.3 Å². The zero-order valence-corrected chi connectivity index (χ0v) is 12.4. The van der Waals surface area contributed by atoms with Crippen LogP contribution in [0.4, 0.5) is 0 Å². The van der Waals surface area contributed by atoms with Crippen LogP contribution < -0.4 is 5.32 Å². The van der Waals surface area contributed by atoms with Gasteiger partial charge in [-0.3, -0.25) is 0 Å². The van der Waals surface area contributed by atoms with Crippen molar-refractivity contribution in [2.24, 2.45) is 0 Å². The highest BCUT2D eigenvalue weighted by Crippen LogP contribution is 2.30. The van der Waals surface area contributed by atoms with E-state index in [1.54, 1.807) is 16.6 Å². The third-order valence-electron chi connectivity index (χ3n) is 3.93. The van der Waals surface area contributed by atoms with Crippen LogP contribution in [0.5, 0.6) is 0 Å². The van der Waals surface area contributed by atoms with Gasteiger partial charge in [-0.2, -0.15) is 4.31 Å². The number of aromatic nitrogens is 1. The molecule has 7 heteroatoms. The minimum absolute atomic E-state index is 0.0729. The van der Waals surface area contributed by atoms with E-state index < -0.39 is 10.0 Å². The number of morpholine rings is 1. The number of H-pyrrole nitrogens is 1. The molecular formula is C13H21N3O3S. The lowest BCUT2D eigenvalue weighted by Gasteiger charge is -2.30. The Balaban J connectivity index is 1.76. The molecule has 0 saturated carbocycles. The van der Waals surface area contributed by atoms with Gasteiger partial charge in [-0.15, -0.1) is 0 Å². The molecule has 0 aromatic carbocycles. The lowest BCUT2D eigenvalue weighted by atomic mass is 10.2. The predicted octanol–water partition coefficient (Wildman–Crippen LogP) is 0.676. The topological polar surface area (TPSA) is 74.4 Å². The zero-order valence-electron chi connectivity index (χ0n) is 11.6. The summed E-state index contributed by atoms with van der Waals surface area (Å²) in [5.41, 5.74) is 0.890. The number of rotatable bonds is 5. The van der Waals surface area contributed by atoms with E-state index in [1.807, 2.05) is 6.92 Å². The van der Waals surface area contributed by atoms with Crippen molar-refractivity contribution in [3.63, 3.8) is 0 Å². The SMILES string of the molecule is CCNCc1cc(S(=O)(=O)N2CC3CCC(C2)O3)c[nH]1. The van der Waals surface area contributed by atoms with Crippen molar-refractivity contribution in [3.05, 3.63) is 18.0 Å². The number of aromatic amines is 1. The summed E-state index contributed by atoms with van der Waals surface area (Å²) in [4.78, 5) is 3.38. The molecule has 2 saturated heterocycles. The maximum atomic E-state index is 12.6. The molecule has 2 unspecified atom stereocenters. The summed E-state index contributed by atoms with van der Waals surface area (Å²) in [6.07, 6.45) is 3.66. The van der Waals surface area contributed by atoms with Crippen molar-refractivity contribution in [2.75, 3.05) is 19.6 Å². The quantitative estimate of drug-likeness (QED) is 0.838. The maximum Gasteiger partial charge on any atom is 0.244 e. The summed E-state index contributed by atoms with van der Waals surface area (Å²) in [5, 5.41) is 3.17. The van der Waals surface area contributed by atoms with Gasteiger partial charge in [-0.25, -0.2) is 8.42 Å². The Morgan fingerprint density at radius 2 is 2.10 bits per heavy atom. The summed E-state index contributed by atoms with van der Waals surface area (Å²) < 4.78 is 32.5. The molecule has 112 valence electrons. The Kier molecular flexibility index (Phi) is 3.85. The van der Waals surface area contributed by atoms with Crippen LogP contribution in [0.1, 0.15) is 25.5 Å². The molecule has 3 heterocycles. The summed E-state index contributed by atoms with van der Waals surface area (Å²) in [7, 11) is -3.40. The fourth-order valence-electron chi connectivity index (χ4n) is 2.85. The van der Waals surface area contributed by atoms with Crippen molar-refractivity contribution < 1.29 is 13.2 Å². The van der Waals surface area contributed by atoms with Gasteiger partial charge < -0.3 is 15.0 Å². The van der Waals surface area contributed by atoms with Crippen LogP contribution in [0, 0.1) is 0 Å². The standard InChI is InChI=1S/C13H21N3O3S/c1-2-14-6-10-5-13(7-15-10)20(17,18)16-8-11-3-4-12(9-16)19-11/h5,7,11-12,14-15H,2-4,6,8-9H2,1H3. The molecule has 0 amide bonds. The normalized spacial score (nSPS) is 27.1. The minimum Gasteiger partial charge on any atom is -0.372 e. The molecule has 20 heavy (non-hydrogen) atoms. The molecule has 3 rings (SSSR count). The highest BCUT2D eigenvalue weighted by molar-refractivity contribution is 7.89. The number of hydrogen-bond acceptors (Lipinski definition) is 4. The van der Waals surface area contributed by atoms with E-state index >= 15 is 0 Å². The van der Waals surface area contributed by atoms with E-state index in [-0.39, 0.29) is 12.2 Å². The Morgan fingerprint density at radius 1 is 1.40 bits per heavy atom. The van der Waals surface area contributed by atoms with E-state index in [4.69, 9.17) is 4.74 Å². The van der Waals surface area contributed by atoms with E-state index in [0.29, 0.717) is 24.5 Å². The van der Waals surface area contributed by atoms with Crippen molar-refractivity contribution in [1.29, 1.82) is 0 Å². The van der Waals surface area contributed by atoms with E-state index in [0.717, 1.165) is 25.1 Å². The van der Waals surface area contributed by atoms with Gasteiger partial charge in [0.25, 0.3) is 0 Å².